The molecular formula is C15H13BrF2O. The third-order valence-electron chi connectivity index (χ3n) is 2.92. The maximum absolute atomic E-state index is 13.5. The van der Waals surface area contributed by atoms with Gasteiger partial charge in [-0.1, -0.05) is 35.4 Å². The largest absolute Gasteiger partial charge is 0.384 e. The summed E-state index contributed by atoms with van der Waals surface area (Å²) in [6.07, 6.45) is -0.997. The molecule has 1 unspecified atom stereocenters. The lowest BCUT2D eigenvalue weighted by atomic mass is 9.98. The van der Waals surface area contributed by atoms with Gasteiger partial charge in [-0.15, -0.1) is 0 Å². The number of aliphatic hydroxyl groups is 1. The minimum atomic E-state index is -0.997. The molecule has 19 heavy (non-hydrogen) atoms. The number of hydrogen-bond donors (Lipinski definition) is 1. The molecule has 0 bridgehead atoms. The highest BCUT2D eigenvalue weighted by Crippen LogP contribution is 2.32. The summed E-state index contributed by atoms with van der Waals surface area (Å²) < 4.78 is 26.5. The smallest absolute Gasteiger partial charge is 0.173 e. The second-order valence-corrected chi connectivity index (χ2v) is 5.38. The summed E-state index contributed by atoms with van der Waals surface area (Å²) in [6.45, 7) is 3.84. The summed E-state index contributed by atoms with van der Waals surface area (Å²) in [5.41, 5.74) is 2.98. The summed E-state index contributed by atoms with van der Waals surface area (Å²) in [5, 5.41) is 10.3. The molecule has 1 N–H and O–H groups in total. The maximum atomic E-state index is 13.5. The Bertz CT molecular complexity index is 606. The molecule has 0 aliphatic carbocycles. The molecule has 0 fully saturated rings. The molecule has 100 valence electrons. The van der Waals surface area contributed by atoms with Gasteiger partial charge in [-0.05, 0) is 41.4 Å². The quantitative estimate of drug-likeness (QED) is 0.809. The SMILES string of the molecule is Cc1cc(C)cc(C(O)c2ccc(F)c(F)c2Br)c1. The molecular weight excluding hydrogens is 314 g/mol. The van der Waals surface area contributed by atoms with Gasteiger partial charge in [0.25, 0.3) is 0 Å². The molecule has 1 nitrogen and oxygen atoms in total. The summed E-state index contributed by atoms with van der Waals surface area (Å²) in [5.74, 6) is -1.93. The lowest BCUT2D eigenvalue weighted by Gasteiger charge is -2.15. The molecule has 0 spiro atoms. The summed E-state index contributed by atoms with van der Waals surface area (Å²) in [4.78, 5) is 0. The van der Waals surface area contributed by atoms with E-state index in [-0.39, 0.29) is 4.47 Å². The van der Waals surface area contributed by atoms with Crippen molar-refractivity contribution in [3.05, 3.63) is 68.7 Å². The van der Waals surface area contributed by atoms with Crippen molar-refractivity contribution >= 4 is 15.9 Å². The van der Waals surface area contributed by atoms with Crippen LogP contribution in [0.15, 0.2) is 34.8 Å². The van der Waals surface area contributed by atoms with Gasteiger partial charge in [-0.2, -0.15) is 0 Å². The van der Waals surface area contributed by atoms with Crippen LogP contribution in [0, 0.1) is 25.5 Å². The van der Waals surface area contributed by atoms with Crippen molar-refractivity contribution in [3.8, 4) is 0 Å². The van der Waals surface area contributed by atoms with Crippen molar-refractivity contribution < 1.29 is 13.9 Å². The molecule has 0 saturated carbocycles. The Morgan fingerprint density at radius 1 is 1.05 bits per heavy atom. The molecule has 1 atom stereocenters. The van der Waals surface area contributed by atoms with Gasteiger partial charge in [-0.25, -0.2) is 8.78 Å². The van der Waals surface area contributed by atoms with E-state index < -0.39 is 17.7 Å². The van der Waals surface area contributed by atoms with E-state index in [1.807, 2.05) is 32.0 Å². The average Bonchev–Trinajstić information content (AvgIpc) is 2.34. The number of halogens is 3. The molecule has 0 amide bonds. The Morgan fingerprint density at radius 2 is 1.63 bits per heavy atom. The van der Waals surface area contributed by atoms with Crippen LogP contribution in [0.2, 0.25) is 0 Å². The lowest BCUT2D eigenvalue weighted by molar-refractivity contribution is 0.218. The minimum absolute atomic E-state index is 0.0424. The molecule has 0 saturated heterocycles. The number of rotatable bonds is 2. The topological polar surface area (TPSA) is 20.2 Å². The molecule has 0 aliphatic rings. The van der Waals surface area contributed by atoms with E-state index in [4.69, 9.17) is 0 Å². The van der Waals surface area contributed by atoms with Crippen LogP contribution in [-0.4, -0.2) is 5.11 Å². The van der Waals surface area contributed by atoms with Crippen LogP contribution >= 0.6 is 15.9 Å². The average molecular weight is 327 g/mol. The Kier molecular flexibility index (Phi) is 4.02. The lowest BCUT2D eigenvalue weighted by Crippen LogP contribution is -2.04. The Labute approximate surface area is 119 Å². The van der Waals surface area contributed by atoms with E-state index in [9.17, 15) is 13.9 Å². The summed E-state index contributed by atoms with van der Waals surface area (Å²) in [7, 11) is 0. The predicted molar refractivity (Wildman–Crippen MR) is 74.0 cm³/mol. The van der Waals surface area contributed by atoms with Crippen molar-refractivity contribution in [2.75, 3.05) is 0 Å². The number of benzene rings is 2. The molecule has 2 aromatic carbocycles. The zero-order valence-corrected chi connectivity index (χ0v) is 12.1. The number of aliphatic hydroxyl groups excluding tert-OH is 1. The van der Waals surface area contributed by atoms with Crippen LogP contribution in [0.4, 0.5) is 8.78 Å². The number of aryl methyl sites for hydroxylation is 2. The third-order valence-corrected chi connectivity index (χ3v) is 3.73. The monoisotopic (exact) mass is 326 g/mol. The fraction of sp³-hybridized carbons (Fsp3) is 0.200. The van der Waals surface area contributed by atoms with Crippen LogP contribution in [0.25, 0.3) is 0 Å². The second kappa shape index (κ2) is 5.39. The fourth-order valence-corrected chi connectivity index (χ4v) is 2.64. The van der Waals surface area contributed by atoms with Gasteiger partial charge in [0, 0.05) is 5.56 Å². The van der Waals surface area contributed by atoms with Gasteiger partial charge >= 0.3 is 0 Å². The van der Waals surface area contributed by atoms with Crippen LogP contribution in [0.3, 0.4) is 0 Å². The normalized spacial score (nSPS) is 12.5. The molecule has 4 heteroatoms. The predicted octanol–water partition coefficient (Wildman–Crippen LogP) is 4.43. The molecule has 2 rings (SSSR count). The molecule has 2 aromatic rings. The van der Waals surface area contributed by atoms with E-state index in [1.54, 1.807) is 0 Å². The zero-order valence-electron chi connectivity index (χ0n) is 10.5. The molecule has 0 radical (unpaired) electrons. The molecule has 0 aliphatic heterocycles. The van der Waals surface area contributed by atoms with Gasteiger partial charge in [0.1, 0.15) is 6.10 Å². The maximum Gasteiger partial charge on any atom is 0.173 e. The first-order chi connectivity index (χ1) is 8.90. The Balaban J connectivity index is 2.50. The van der Waals surface area contributed by atoms with Crippen molar-refractivity contribution in [2.24, 2.45) is 0 Å². The highest BCUT2D eigenvalue weighted by atomic mass is 79.9. The van der Waals surface area contributed by atoms with Crippen molar-refractivity contribution in [2.45, 2.75) is 20.0 Å². The van der Waals surface area contributed by atoms with Gasteiger partial charge in [-0.3, -0.25) is 0 Å². The van der Waals surface area contributed by atoms with E-state index in [1.165, 1.54) is 6.07 Å². The highest BCUT2D eigenvalue weighted by Gasteiger charge is 2.19. The van der Waals surface area contributed by atoms with E-state index in [0.29, 0.717) is 11.1 Å². The van der Waals surface area contributed by atoms with Crippen molar-refractivity contribution in [1.82, 2.24) is 0 Å². The van der Waals surface area contributed by atoms with Crippen LogP contribution in [-0.2, 0) is 0 Å². The van der Waals surface area contributed by atoms with Gasteiger partial charge in [0.2, 0.25) is 0 Å². The van der Waals surface area contributed by atoms with E-state index in [2.05, 4.69) is 15.9 Å². The first-order valence-electron chi connectivity index (χ1n) is 5.80. The third kappa shape index (κ3) is 2.85. The van der Waals surface area contributed by atoms with Gasteiger partial charge in [0.15, 0.2) is 11.6 Å². The summed E-state index contributed by atoms with van der Waals surface area (Å²) >= 11 is 2.99. The first-order valence-corrected chi connectivity index (χ1v) is 6.59. The standard InChI is InChI=1S/C15H13BrF2O/c1-8-5-9(2)7-10(6-8)15(19)11-3-4-12(17)14(18)13(11)16/h3-7,15,19H,1-2H3. The van der Waals surface area contributed by atoms with Crippen LogP contribution in [0.5, 0.6) is 0 Å². The molecule has 0 heterocycles. The van der Waals surface area contributed by atoms with Gasteiger partial charge in [0.05, 0.1) is 4.47 Å². The van der Waals surface area contributed by atoms with Crippen LogP contribution in [0.1, 0.15) is 28.4 Å². The first kappa shape index (κ1) is 14.2. The summed E-state index contributed by atoms with van der Waals surface area (Å²) in [6, 6.07) is 8.03. The zero-order chi connectivity index (χ0) is 14.2. The molecule has 0 aromatic heterocycles. The van der Waals surface area contributed by atoms with Crippen molar-refractivity contribution in [3.63, 3.8) is 0 Å². The minimum Gasteiger partial charge on any atom is -0.384 e. The van der Waals surface area contributed by atoms with Crippen LogP contribution < -0.4 is 0 Å². The van der Waals surface area contributed by atoms with E-state index >= 15 is 0 Å². The van der Waals surface area contributed by atoms with E-state index in [0.717, 1.165) is 17.2 Å². The second-order valence-electron chi connectivity index (χ2n) is 4.59. The highest BCUT2D eigenvalue weighted by molar-refractivity contribution is 9.10. The van der Waals surface area contributed by atoms with Gasteiger partial charge < -0.3 is 5.11 Å². The Morgan fingerprint density at radius 3 is 2.21 bits per heavy atom. The Hall–Kier alpha value is -1.26. The van der Waals surface area contributed by atoms with Crippen molar-refractivity contribution in [1.29, 1.82) is 0 Å². The fourth-order valence-electron chi connectivity index (χ4n) is 2.10. The number of hydrogen-bond acceptors (Lipinski definition) is 1.